The number of hydrogen-bond acceptors (Lipinski definition) is 6. The summed E-state index contributed by atoms with van der Waals surface area (Å²) in [6, 6.07) is 10.6. The van der Waals surface area contributed by atoms with Gasteiger partial charge in [-0.05, 0) is 30.3 Å². The fraction of sp³-hybridized carbons (Fsp3) is 0.0556. The smallest absolute Gasteiger partial charge is 0.366 e. The first kappa shape index (κ1) is 19.6. The second kappa shape index (κ2) is 6.99. The first-order chi connectivity index (χ1) is 14.2. The maximum Gasteiger partial charge on any atom is 0.498 e. The highest BCUT2D eigenvalue weighted by atomic mass is 32.2. The number of halogens is 3. The van der Waals surface area contributed by atoms with Crippen LogP contribution in [-0.2, 0) is 10.0 Å². The molecule has 0 aliphatic rings. The van der Waals surface area contributed by atoms with Crippen LogP contribution in [-0.4, -0.2) is 34.3 Å². The Morgan fingerprint density at radius 1 is 1.00 bits per heavy atom. The Morgan fingerprint density at radius 3 is 2.43 bits per heavy atom. The highest BCUT2D eigenvalue weighted by molar-refractivity contribution is 7.92. The molecule has 30 heavy (non-hydrogen) atoms. The van der Waals surface area contributed by atoms with Gasteiger partial charge in [-0.1, -0.05) is 18.2 Å². The minimum Gasteiger partial charge on any atom is -0.366 e. The molecule has 0 radical (unpaired) electrons. The van der Waals surface area contributed by atoms with Gasteiger partial charge in [0.1, 0.15) is 4.90 Å². The number of rotatable bonds is 4. The molecule has 8 nitrogen and oxygen atoms in total. The predicted octanol–water partition coefficient (Wildman–Crippen LogP) is 3.09. The third-order valence-electron chi connectivity index (χ3n) is 4.15. The van der Waals surface area contributed by atoms with Crippen LogP contribution in [0, 0.1) is 0 Å². The van der Waals surface area contributed by atoms with Crippen LogP contribution < -0.4 is 10.0 Å². The normalized spacial score (nSPS) is 12.2. The van der Waals surface area contributed by atoms with Crippen LogP contribution >= 0.6 is 0 Å². The van der Waals surface area contributed by atoms with Crippen LogP contribution in [0.15, 0.2) is 72.0 Å². The largest absolute Gasteiger partial charge is 0.498 e. The summed E-state index contributed by atoms with van der Waals surface area (Å²) in [5.74, 6) is 0.0466. The molecular weight excluding hydrogens is 421 g/mol. The average molecular weight is 434 g/mol. The summed E-state index contributed by atoms with van der Waals surface area (Å²) in [5.41, 5.74) is 6.22. The highest BCUT2D eigenvalue weighted by Gasteiger charge is 2.46. The lowest BCUT2D eigenvalue weighted by Crippen LogP contribution is -2.43. The summed E-state index contributed by atoms with van der Waals surface area (Å²) in [5, 5.41) is 3.96. The third-order valence-corrected chi connectivity index (χ3v) is 5.87. The van der Waals surface area contributed by atoms with Gasteiger partial charge < -0.3 is 5.73 Å². The number of hydrogen-bond donors (Lipinski definition) is 1. The number of alkyl halides is 3. The van der Waals surface area contributed by atoms with E-state index in [1.165, 1.54) is 35.1 Å². The minimum absolute atomic E-state index is 0.0466. The van der Waals surface area contributed by atoms with E-state index in [4.69, 9.17) is 5.73 Å². The molecule has 1 aromatic carbocycles. The van der Waals surface area contributed by atoms with Crippen molar-refractivity contribution in [1.82, 2.24) is 19.6 Å². The van der Waals surface area contributed by atoms with Crippen molar-refractivity contribution in [2.75, 3.05) is 10.0 Å². The van der Waals surface area contributed by atoms with E-state index < -0.39 is 31.2 Å². The van der Waals surface area contributed by atoms with Crippen molar-refractivity contribution in [2.45, 2.75) is 11.2 Å². The molecule has 2 N–H and O–H groups in total. The molecule has 4 rings (SSSR count). The maximum absolute atomic E-state index is 13.7. The Balaban J connectivity index is 1.81. The molecule has 0 bridgehead atoms. The molecular formula is C18H13F3N6O2S. The summed E-state index contributed by atoms with van der Waals surface area (Å²) < 4.78 is 67.6. The molecule has 154 valence electrons. The minimum atomic E-state index is -5.17. The van der Waals surface area contributed by atoms with Crippen LogP contribution in [0.25, 0.3) is 16.8 Å². The van der Waals surface area contributed by atoms with Gasteiger partial charge in [0.05, 0.1) is 5.69 Å². The van der Waals surface area contributed by atoms with Crippen molar-refractivity contribution in [1.29, 1.82) is 0 Å². The van der Waals surface area contributed by atoms with E-state index in [0.717, 1.165) is 24.4 Å². The number of nitrogens with zero attached hydrogens (tertiary/aromatic N) is 5. The fourth-order valence-corrected chi connectivity index (χ4v) is 4.23. The predicted molar refractivity (Wildman–Crippen MR) is 103 cm³/mol. The Hall–Kier alpha value is -3.67. The van der Waals surface area contributed by atoms with Crippen LogP contribution in [0.4, 0.5) is 24.8 Å². The van der Waals surface area contributed by atoms with Gasteiger partial charge in [0.2, 0.25) is 5.95 Å². The number of fused-ring (bicyclic) bond motifs is 1. The Kier molecular flexibility index (Phi) is 4.57. The molecule has 0 aliphatic carbocycles. The molecule has 0 unspecified atom stereocenters. The molecule has 4 aromatic rings. The number of aromatic nitrogens is 4. The lowest BCUT2D eigenvalue weighted by molar-refractivity contribution is -0.115. The van der Waals surface area contributed by atoms with Gasteiger partial charge >= 0.3 is 6.30 Å². The Bertz CT molecular complexity index is 1320. The van der Waals surface area contributed by atoms with Gasteiger partial charge in [0.25, 0.3) is 10.0 Å². The molecule has 3 aromatic heterocycles. The van der Waals surface area contributed by atoms with E-state index >= 15 is 0 Å². The van der Waals surface area contributed by atoms with Crippen molar-refractivity contribution in [3.05, 3.63) is 67.1 Å². The van der Waals surface area contributed by atoms with Crippen molar-refractivity contribution < 1.29 is 21.6 Å². The lowest BCUT2D eigenvalue weighted by atomic mass is 10.1. The van der Waals surface area contributed by atoms with Gasteiger partial charge in [-0.3, -0.25) is 4.98 Å². The average Bonchev–Trinajstić information content (AvgIpc) is 3.07. The van der Waals surface area contributed by atoms with E-state index in [0.29, 0.717) is 11.2 Å². The fourth-order valence-electron chi connectivity index (χ4n) is 2.88. The number of pyridine rings is 2. The molecule has 0 amide bonds. The van der Waals surface area contributed by atoms with E-state index in [2.05, 4.69) is 15.1 Å². The van der Waals surface area contributed by atoms with Crippen LogP contribution in [0.3, 0.4) is 0 Å². The number of sulfonamides is 1. The first-order valence-electron chi connectivity index (χ1n) is 8.41. The molecule has 0 saturated carbocycles. The van der Waals surface area contributed by atoms with Crippen LogP contribution in [0.2, 0.25) is 0 Å². The van der Waals surface area contributed by atoms with E-state index in [1.807, 2.05) is 0 Å². The van der Waals surface area contributed by atoms with Crippen LogP contribution in [0.1, 0.15) is 0 Å². The SMILES string of the molecule is Nc1nc2ccc(-c3cncc(S(=O)(=O)N(c4ccccc4)C(F)(F)F)c3)cn2n1. The number of nitrogen functional groups attached to an aromatic ring is 1. The van der Waals surface area contributed by atoms with E-state index in [9.17, 15) is 21.6 Å². The molecule has 0 fully saturated rings. The van der Waals surface area contributed by atoms with Crippen molar-refractivity contribution in [2.24, 2.45) is 0 Å². The second-order valence-electron chi connectivity index (χ2n) is 6.17. The monoisotopic (exact) mass is 434 g/mol. The van der Waals surface area contributed by atoms with E-state index in [1.54, 1.807) is 12.1 Å². The summed E-state index contributed by atoms with van der Waals surface area (Å²) in [4.78, 5) is 7.19. The number of benzene rings is 1. The Labute approximate surface area is 168 Å². The molecule has 0 atom stereocenters. The molecule has 3 heterocycles. The molecule has 0 spiro atoms. The topological polar surface area (TPSA) is 106 Å². The van der Waals surface area contributed by atoms with Gasteiger partial charge in [0.15, 0.2) is 5.65 Å². The summed E-state index contributed by atoms with van der Waals surface area (Å²) in [6.45, 7) is 0. The van der Waals surface area contributed by atoms with Gasteiger partial charge in [0, 0.05) is 29.7 Å². The van der Waals surface area contributed by atoms with Crippen molar-refractivity contribution in [3.63, 3.8) is 0 Å². The standard InChI is InChI=1S/C18H13F3N6O2S/c19-18(20,21)27(14-4-2-1-3-5-14)30(28,29)15-8-13(9-23-10-15)12-6-7-16-24-17(22)25-26(16)11-12/h1-11H,(H2,22,25). The van der Waals surface area contributed by atoms with E-state index in [-0.39, 0.29) is 11.5 Å². The van der Waals surface area contributed by atoms with Crippen molar-refractivity contribution >= 4 is 27.3 Å². The zero-order valence-corrected chi connectivity index (χ0v) is 15.8. The molecule has 0 saturated heterocycles. The zero-order valence-electron chi connectivity index (χ0n) is 15.0. The van der Waals surface area contributed by atoms with Gasteiger partial charge in [-0.15, -0.1) is 18.3 Å². The van der Waals surface area contributed by atoms with Crippen molar-refractivity contribution in [3.8, 4) is 11.1 Å². The Morgan fingerprint density at radius 2 is 1.73 bits per heavy atom. The summed E-state index contributed by atoms with van der Waals surface area (Å²) in [7, 11) is -4.99. The van der Waals surface area contributed by atoms with Gasteiger partial charge in [-0.25, -0.2) is 12.9 Å². The summed E-state index contributed by atoms with van der Waals surface area (Å²) in [6.07, 6.45) is -1.45. The lowest BCUT2D eigenvalue weighted by Gasteiger charge is -2.26. The quantitative estimate of drug-likeness (QED) is 0.495. The number of anilines is 2. The first-order valence-corrected chi connectivity index (χ1v) is 9.85. The molecule has 0 aliphatic heterocycles. The summed E-state index contributed by atoms with van der Waals surface area (Å²) >= 11 is 0. The third kappa shape index (κ3) is 3.52. The number of nitrogens with two attached hydrogens (primary N) is 1. The zero-order chi connectivity index (χ0) is 21.5. The highest BCUT2D eigenvalue weighted by Crippen LogP contribution is 2.35. The maximum atomic E-state index is 13.7. The van der Waals surface area contributed by atoms with Crippen LogP contribution in [0.5, 0.6) is 0 Å². The number of para-hydroxylation sites is 1. The second-order valence-corrected chi connectivity index (χ2v) is 7.96. The molecule has 12 heteroatoms. The van der Waals surface area contributed by atoms with Gasteiger partial charge in [-0.2, -0.15) is 9.29 Å².